The number of carbonyl (C=O) groups excluding carboxylic acids is 1. The third-order valence-electron chi connectivity index (χ3n) is 5.06. The molecule has 2 aromatic carbocycles. The number of anilines is 1. The number of esters is 1. The SMILES string of the molecule is CNc1ccc(S(=O)(=O)NCC(=O)OCc2cc(=O)oc3c(C)c(C)ccc23)cc1[N+](=O)[O-]. The van der Waals surface area contributed by atoms with Crippen LogP contribution in [0, 0.1) is 24.0 Å². The molecule has 174 valence electrons. The highest BCUT2D eigenvalue weighted by atomic mass is 32.2. The summed E-state index contributed by atoms with van der Waals surface area (Å²) in [5.41, 5.74) is 1.63. The zero-order chi connectivity index (χ0) is 24.3. The number of nitro benzene ring substituents is 1. The Labute approximate surface area is 188 Å². The quantitative estimate of drug-likeness (QED) is 0.216. The van der Waals surface area contributed by atoms with Crippen LogP contribution in [0.2, 0.25) is 0 Å². The Morgan fingerprint density at radius 2 is 1.91 bits per heavy atom. The van der Waals surface area contributed by atoms with Crippen LogP contribution in [0.4, 0.5) is 11.4 Å². The van der Waals surface area contributed by atoms with Gasteiger partial charge < -0.3 is 14.5 Å². The van der Waals surface area contributed by atoms with E-state index in [4.69, 9.17) is 9.15 Å². The first-order chi connectivity index (χ1) is 15.5. The maximum absolute atomic E-state index is 12.5. The van der Waals surface area contributed by atoms with E-state index in [1.807, 2.05) is 13.0 Å². The molecule has 0 radical (unpaired) electrons. The standard InChI is InChI=1S/C21H21N3O8S/c1-12-4-6-16-14(8-19(25)32-21(16)13(12)2)11-31-20(26)10-23-33(29,30)15-5-7-17(22-3)18(9-15)24(27)28/h4-9,22-23H,10-11H2,1-3H3. The number of nitrogens with one attached hydrogen (secondary N) is 2. The van der Waals surface area contributed by atoms with Crippen molar-refractivity contribution in [3.8, 4) is 0 Å². The summed E-state index contributed by atoms with van der Waals surface area (Å²) in [4.78, 5) is 34.1. The molecule has 0 aliphatic carbocycles. The van der Waals surface area contributed by atoms with Gasteiger partial charge in [-0.25, -0.2) is 13.2 Å². The van der Waals surface area contributed by atoms with Crippen molar-refractivity contribution in [2.75, 3.05) is 18.9 Å². The summed E-state index contributed by atoms with van der Waals surface area (Å²) in [6.45, 7) is 2.70. The van der Waals surface area contributed by atoms with Crippen molar-refractivity contribution in [1.82, 2.24) is 4.72 Å². The lowest BCUT2D eigenvalue weighted by Gasteiger charge is -2.11. The second-order valence-electron chi connectivity index (χ2n) is 7.15. The number of nitrogens with zero attached hydrogens (tertiary/aromatic N) is 1. The van der Waals surface area contributed by atoms with Gasteiger partial charge in [0.2, 0.25) is 10.0 Å². The van der Waals surface area contributed by atoms with Gasteiger partial charge in [0.25, 0.3) is 5.69 Å². The molecule has 1 aromatic heterocycles. The summed E-state index contributed by atoms with van der Waals surface area (Å²) < 4.78 is 37.4. The van der Waals surface area contributed by atoms with Crippen molar-refractivity contribution in [3.63, 3.8) is 0 Å². The molecule has 3 aromatic rings. The van der Waals surface area contributed by atoms with Crippen LogP contribution >= 0.6 is 0 Å². The Bertz CT molecular complexity index is 1410. The van der Waals surface area contributed by atoms with Crippen LogP contribution < -0.4 is 15.7 Å². The number of sulfonamides is 1. The first kappa shape index (κ1) is 23.9. The van der Waals surface area contributed by atoms with Crippen LogP contribution in [0.25, 0.3) is 11.0 Å². The number of aryl methyl sites for hydroxylation is 2. The number of benzene rings is 2. The normalized spacial score (nSPS) is 11.4. The van der Waals surface area contributed by atoms with E-state index in [-0.39, 0.29) is 17.2 Å². The number of fused-ring (bicyclic) bond motifs is 1. The lowest BCUT2D eigenvalue weighted by Crippen LogP contribution is -2.30. The predicted octanol–water partition coefficient (Wildman–Crippen LogP) is 2.38. The maximum atomic E-state index is 12.5. The molecule has 0 aliphatic heterocycles. The zero-order valence-electron chi connectivity index (χ0n) is 18.0. The summed E-state index contributed by atoms with van der Waals surface area (Å²) in [6, 6.07) is 8.10. The highest BCUT2D eigenvalue weighted by Gasteiger charge is 2.22. The Morgan fingerprint density at radius 3 is 2.58 bits per heavy atom. The van der Waals surface area contributed by atoms with Gasteiger partial charge in [0, 0.05) is 30.1 Å². The largest absolute Gasteiger partial charge is 0.460 e. The number of hydrogen-bond donors (Lipinski definition) is 2. The minimum atomic E-state index is -4.22. The molecule has 0 unspecified atom stereocenters. The molecule has 0 saturated heterocycles. The molecule has 0 amide bonds. The van der Waals surface area contributed by atoms with Crippen molar-refractivity contribution in [2.24, 2.45) is 0 Å². The molecular formula is C21H21N3O8S. The third kappa shape index (κ3) is 5.18. The third-order valence-corrected chi connectivity index (χ3v) is 6.46. The molecule has 0 atom stereocenters. The van der Waals surface area contributed by atoms with Crippen LogP contribution in [0.3, 0.4) is 0 Å². The van der Waals surface area contributed by atoms with Gasteiger partial charge in [-0.05, 0) is 37.1 Å². The summed E-state index contributed by atoms with van der Waals surface area (Å²) >= 11 is 0. The minimum absolute atomic E-state index is 0.142. The zero-order valence-corrected chi connectivity index (χ0v) is 18.8. The second kappa shape index (κ2) is 9.38. The fourth-order valence-corrected chi connectivity index (χ4v) is 4.12. The summed E-state index contributed by atoms with van der Waals surface area (Å²) in [7, 11) is -2.75. The average Bonchev–Trinajstić information content (AvgIpc) is 2.78. The number of ether oxygens (including phenoxy) is 1. The van der Waals surface area contributed by atoms with Crippen molar-refractivity contribution in [2.45, 2.75) is 25.3 Å². The molecule has 1 heterocycles. The van der Waals surface area contributed by atoms with Gasteiger partial charge >= 0.3 is 11.6 Å². The molecule has 3 rings (SSSR count). The van der Waals surface area contributed by atoms with E-state index < -0.39 is 38.8 Å². The van der Waals surface area contributed by atoms with E-state index in [0.29, 0.717) is 16.5 Å². The average molecular weight is 475 g/mol. The fraction of sp³-hybridized carbons (Fsp3) is 0.238. The first-order valence-corrected chi connectivity index (χ1v) is 11.2. The van der Waals surface area contributed by atoms with Crippen molar-refractivity contribution in [3.05, 3.63) is 73.6 Å². The van der Waals surface area contributed by atoms with E-state index in [0.717, 1.165) is 17.2 Å². The summed E-state index contributed by atoms with van der Waals surface area (Å²) in [5.74, 6) is -0.898. The molecule has 0 bridgehead atoms. The van der Waals surface area contributed by atoms with Crippen LogP contribution in [0.15, 0.2) is 50.5 Å². The van der Waals surface area contributed by atoms with E-state index in [1.165, 1.54) is 25.2 Å². The van der Waals surface area contributed by atoms with Gasteiger partial charge in [-0.15, -0.1) is 0 Å². The van der Waals surface area contributed by atoms with Crippen LogP contribution in [-0.2, 0) is 26.2 Å². The number of rotatable bonds is 8. The predicted molar refractivity (Wildman–Crippen MR) is 120 cm³/mol. The highest BCUT2D eigenvalue weighted by Crippen LogP contribution is 2.27. The highest BCUT2D eigenvalue weighted by molar-refractivity contribution is 7.89. The van der Waals surface area contributed by atoms with E-state index in [2.05, 4.69) is 10.0 Å². The molecule has 0 aliphatic rings. The van der Waals surface area contributed by atoms with Crippen LogP contribution in [0.1, 0.15) is 16.7 Å². The summed E-state index contributed by atoms with van der Waals surface area (Å²) in [5, 5.41) is 14.4. The monoisotopic (exact) mass is 475 g/mol. The lowest BCUT2D eigenvalue weighted by molar-refractivity contribution is -0.384. The van der Waals surface area contributed by atoms with Crippen LogP contribution in [0.5, 0.6) is 0 Å². The second-order valence-corrected chi connectivity index (χ2v) is 8.91. The smallest absolute Gasteiger partial charge is 0.336 e. The van der Waals surface area contributed by atoms with E-state index in [1.54, 1.807) is 13.0 Å². The van der Waals surface area contributed by atoms with E-state index in [9.17, 15) is 28.1 Å². The van der Waals surface area contributed by atoms with Gasteiger partial charge in [-0.1, -0.05) is 12.1 Å². The summed E-state index contributed by atoms with van der Waals surface area (Å²) in [6.07, 6.45) is 0. The Hall–Kier alpha value is -3.77. The molecule has 0 saturated carbocycles. The first-order valence-electron chi connectivity index (χ1n) is 9.68. The Kier molecular flexibility index (Phi) is 6.79. The van der Waals surface area contributed by atoms with Crippen molar-refractivity contribution >= 4 is 38.3 Å². The number of carbonyl (C=O) groups is 1. The van der Waals surface area contributed by atoms with Crippen molar-refractivity contribution < 1.29 is 27.3 Å². The van der Waals surface area contributed by atoms with Gasteiger partial charge in [0.05, 0.1) is 9.82 Å². The number of nitro groups is 1. The van der Waals surface area contributed by atoms with Gasteiger partial charge in [0.1, 0.15) is 24.4 Å². The minimum Gasteiger partial charge on any atom is -0.460 e. The lowest BCUT2D eigenvalue weighted by atomic mass is 10.0. The molecule has 2 N–H and O–H groups in total. The molecule has 12 heteroatoms. The van der Waals surface area contributed by atoms with Crippen LogP contribution in [-0.4, -0.2) is 32.9 Å². The Balaban J connectivity index is 1.71. The molecule has 0 spiro atoms. The van der Waals surface area contributed by atoms with E-state index >= 15 is 0 Å². The number of hydrogen-bond acceptors (Lipinski definition) is 9. The molecule has 11 nitrogen and oxygen atoms in total. The molecular weight excluding hydrogens is 454 g/mol. The Morgan fingerprint density at radius 1 is 1.18 bits per heavy atom. The van der Waals surface area contributed by atoms with Gasteiger partial charge in [-0.3, -0.25) is 14.9 Å². The molecule has 0 fully saturated rings. The van der Waals surface area contributed by atoms with Gasteiger partial charge in [0.15, 0.2) is 0 Å². The van der Waals surface area contributed by atoms with Crippen molar-refractivity contribution in [1.29, 1.82) is 0 Å². The van der Waals surface area contributed by atoms with Gasteiger partial charge in [-0.2, -0.15) is 4.72 Å². The molecule has 33 heavy (non-hydrogen) atoms. The fourth-order valence-electron chi connectivity index (χ4n) is 3.13. The topological polar surface area (TPSA) is 158 Å². The maximum Gasteiger partial charge on any atom is 0.336 e.